The Balaban J connectivity index is 0. The highest BCUT2D eigenvalue weighted by molar-refractivity contribution is 5.68. The first-order valence-electron chi connectivity index (χ1n) is 10.1. The molecule has 1 unspecified atom stereocenters. The zero-order valence-electron chi connectivity index (χ0n) is 19.5. The summed E-state index contributed by atoms with van der Waals surface area (Å²) < 4.78 is 15.6. The molecule has 1 aromatic rings. The van der Waals surface area contributed by atoms with Crippen LogP contribution in [0.4, 0.5) is 4.79 Å². The molecule has 0 heterocycles. The second-order valence-corrected chi connectivity index (χ2v) is 7.49. The third-order valence-electron chi connectivity index (χ3n) is 3.18. The molecule has 0 aliphatic heterocycles. The molecule has 0 saturated heterocycles. The van der Waals surface area contributed by atoms with Gasteiger partial charge in [0.25, 0.3) is 0 Å². The molecule has 8 heteroatoms. The Morgan fingerprint density at radius 3 is 2.00 bits per heavy atom. The van der Waals surface area contributed by atoms with Crippen molar-refractivity contribution in [2.45, 2.75) is 72.3 Å². The molecule has 0 aliphatic carbocycles. The van der Waals surface area contributed by atoms with Crippen LogP contribution in [-0.2, 0) is 9.47 Å². The molecule has 8 nitrogen and oxygen atoms in total. The van der Waals surface area contributed by atoms with Crippen LogP contribution < -0.4 is 10.1 Å². The minimum Gasteiger partial charge on any atom is -0.491 e. The lowest BCUT2D eigenvalue weighted by Gasteiger charge is -2.22. The Bertz CT molecular complexity index is 523. The van der Waals surface area contributed by atoms with Gasteiger partial charge in [0.15, 0.2) is 0 Å². The molecule has 0 fully saturated rings. The molecular weight excluding hydrogens is 390 g/mol. The van der Waals surface area contributed by atoms with Gasteiger partial charge in [-0.2, -0.15) is 0 Å². The van der Waals surface area contributed by atoms with Gasteiger partial charge in [-0.1, -0.05) is 25.5 Å². The zero-order valence-corrected chi connectivity index (χ0v) is 19.5. The number of hydrogen-bond donors (Lipinski definition) is 4. The largest absolute Gasteiger partial charge is 0.491 e. The van der Waals surface area contributed by atoms with E-state index in [1.807, 2.05) is 52.0 Å². The van der Waals surface area contributed by atoms with E-state index < -0.39 is 18.0 Å². The number of hydrogen-bond acceptors (Lipinski definition) is 7. The molecule has 0 saturated carbocycles. The smallest absolute Gasteiger partial charge is 0.408 e. The number of nitrogens with one attached hydrogen (secondary N) is 1. The third kappa shape index (κ3) is 20.9. The van der Waals surface area contributed by atoms with Crippen LogP contribution in [0.15, 0.2) is 24.3 Å². The zero-order chi connectivity index (χ0) is 23.6. The predicted octanol–water partition coefficient (Wildman–Crippen LogP) is 3.39. The van der Waals surface area contributed by atoms with E-state index in [4.69, 9.17) is 29.5 Å². The normalized spacial score (nSPS) is 11.4. The number of alkyl carbamates (subject to hydrolysis) is 1. The number of carbonyl (C=O) groups excluding carboxylic acids is 1. The standard InChI is InChI=1S/C16H25NO4.C4H10O.C2H6O2/c1-12(17-15(18)21-16(2,3)4)13-6-8-14(9-7-13)20-11-10-19-5;1-2-3-4-5;1-2(3)4/h6-9,12H,10-11H2,1-5H3,(H,17,18);5H,2-4H2,1H3;2-4H,1H3. The number of aliphatic hydroxyl groups excluding tert-OH is 2. The maximum atomic E-state index is 11.7. The van der Waals surface area contributed by atoms with Gasteiger partial charge < -0.3 is 34.8 Å². The van der Waals surface area contributed by atoms with E-state index in [2.05, 4.69) is 12.2 Å². The number of carbonyl (C=O) groups is 1. The van der Waals surface area contributed by atoms with Crippen LogP contribution in [0, 0.1) is 0 Å². The SMILES string of the molecule is CC(O)O.CCCCO.COCCOc1ccc(C(C)NC(=O)OC(C)(C)C)cc1. The van der Waals surface area contributed by atoms with E-state index in [-0.39, 0.29) is 6.04 Å². The number of aliphatic hydroxyl groups is 3. The topological polar surface area (TPSA) is 117 Å². The molecule has 30 heavy (non-hydrogen) atoms. The van der Waals surface area contributed by atoms with Crippen molar-refractivity contribution < 1.29 is 34.3 Å². The molecule has 0 spiro atoms. The minimum atomic E-state index is -1.17. The molecule has 176 valence electrons. The second kappa shape index (κ2) is 17.9. The van der Waals surface area contributed by atoms with Crippen molar-refractivity contribution in [2.75, 3.05) is 26.9 Å². The van der Waals surface area contributed by atoms with Crippen LogP contribution >= 0.6 is 0 Å². The van der Waals surface area contributed by atoms with Crippen molar-refractivity contribution in [3.63, 3.8) is 0 Å². The molecule has 0 bridgehead atoms. The van der Waals surface area contributed by atoms with Crippen molar-refractivity contribution in [1.29, 1.82) is 0 Å². The Morgan fingerprint density at radius 2 is 1.63 bits per heavy atom. The van der Waals surface area contributed by atoms with E-state index in [1.165, 1.54) is 6.92 Å². The fraction of sp³-hybridized carbons (Fsp3) is 0.682. The molecule has 0 aromatic heterocycles. The van der Waals surface area contributed by atoms with E-state index in [1.54, 1.807) is 7.11 Å². The Kier molecular flexibility index (Phi) is 18.1. The van der Waals surface area contributed by atoms with E-state index in [0.717, 1.165) is 24.2 Å². The monoisotopic (exact) mass is 431 g/mol. The first kappa shape index (κ1) is 30.3. The van der Waals surface area contributed by atoms with Crippen molar-refractivity contribution >= 4 is 6.09 Å². The van der Waals surface area contributed by atoms with Crippen LogP contribution in [0.1, 0.15) is 66.0 Å². The van der Waals surface area contributed by atoms with Gasteiger partial charge in [0, 0.05) is 13.7 Å². The van der Waals surface area contributed by atoms with Gasteiger partial charge in [-0.05, 0) is 58.7 Å². The van der Waals surface area contributed by atoms with E-state index >= 15 is 0 Å². The summed E-state index contributed by atoms with van der Waals surface area (Å²) in [6.45, 7) is 12.2. The number of methoxy groups -OCH3 is 1. The minimum absolute atomic E-state index is 0.132. The lowest BCUT2D eigenvalue weighted by molar-refractivity contribution is -0.0228. The first-order valence-corrected chi connectivity index (χ1v) is 10.1. The summed E-state index contributed by atoms with van der Waals surface area (Å²) in [6.07, 6.45) is 0.451. The third-order valence-corrected chi connectivity index (χ3v) is 3.18. The first-order chi connectivity index (χ1) is 14.0. The van der Waals surface area contributed by atoms with E-state index in [0.29, 0.717) is 19.8 Å². The van der Waals surface area contributed by atoms with Crippen LogP contribution in [-0.4, -0.2) is 60.2 Å². The van der Waals surface area contributed by atoms with Gasteiger partial charge >= 0.3 is 6.09 Å². The van der Waals surface area contributed by atoms with Gasteiger partial charge in [-0.15, -0.1) is 0 Å². The molecule has 1 atom stereocenters. The summed E-state index contributed by atoms with van der Waals surface area (Å²) in [6, 6.07) is 7.46. The Labute approximate surface area is 181 Å². The molecule has 1 rings (SSSR count). The average Bonchev–Trinajstić information content (AvgIpc) is 2.61. The van der Waals surface area contributed by atoms with Crippen molar-refractivity contribution in [2.24, 2.45) is 0 Å². The van der Waals surface area contributed by atoms with Gasteiger partial charge in [-0.3, -0.25) is 0 Å². The molecule has 4 N–H and O–H groups in total. The summed E-state index contributed by atoms with van der Waals surface area (Å²) in [7, 11) is 1.64. The Morgan fingerprint density at radius 1 is 1.10 bits per heavy atom. The summed E-state index contributed by atoms with van der Waals surface area (Å²) in [5.41, 5.74) is 0.489. The quantitative estimate of drug-likeness (QED) is 0.368. The lowest BCUT2D eigenvalue weighted by atomic mass is 10.1. The highest BCUT2D eigenvalue weighted by Crippen LogP contribution is 2.18. The van der Waals surface area contributed by atoms with Gasteiger partial charge in [-0.25, -0.2) is 4.79 Å². The molecule has 0 radical (unpaired) electrons. The maximum Gasteiger partial charge on any atom is 0.408 e. The van der Waals surface area contributed by atoms with Crippen LogP contribution in [0.25, 0.3) is 0 Å². The molecular formula is C22H41NO7. The highest BCUT2D eigenvalue weighted by Gasteiger charge is 2.18. The van der Waals surface area contributed by atoms with Crippen molar-refractivity contribution in [3.8, 4) is 5.75 Å². The van der Waals surface area contributed by atoms with Crippen molar-refractivity contribution in [3.05, 3.63) is 29.8 Å². The molecule has 0 aliphatic rings. The van der Waals surface area contributed by atoms with Crippen LogP contribution in [0.5, 0.6) is 5.75 Å². The number of ether oxygens (including phenoxy) is 3. The predicted molar refractivity (Wildman–Crippen MR) is 117 cm³/mol. The molecule has 1 amide bonds. The van der Waals surface area contributed by atoms with E-state index in [9.17, 15) is 4.79 Å². The second-order valence-electron chi connectivity index (χ2n) is 7.49. The summed E-state index contributed by atoms with van der Waals surface area (Å²) in [5, 5.41) is 26.1. The molecule has 1 aromatic carbocycles. The lowest BCUT2D eigenvalue weighted by Crippen LogP contribution is -2.34. The number of unbranched alkanes of at least 4 members (excludes halogenated alkanes) is 1. The number of benzene rings is 1. The van der Waals surface area contributed by atoms with Gasteiger partial charge in [0.1, 0.15) is 24.2 Å². The van der Waals surface area contributed by atoms with Crippen LogP contribution in [0.3, 0.4) is 0 Å². The average molecular weight is 432 g/mol. The summed E-state index contributed by atoms with van der Waals surface area (Å²) in [5.74, 6) is 0.778. The van der Waals surface area contributed by atoms with Gasteiger partial charge in [0.05, 0.1) is 12.6 Å². The number of amides is 1. The van der Waals surface area contributed by atoms with Crippen LogP contribution in [0.2, 0.25) is 0 Å². The summed E-state index contributed by atoms with van der Waals surface area (Å²) in [4.78, 5) is 11.7. The Hall–Kier alpha value is -1.87. The maximum absolute atomic E-state index is 11.7. The highest BCUT2D eigenvalue weighted by atomic mass is 16.6. The number of rotatable bonds is 8. The fourth-order valence-electron chi connectivity index (χ4n) is 1.82. The fourth-order valence-corrected chi connectivity index (χ4v) is 1.82. The summed E-state index contributed by atoms with van der Waals surface area (Å²) >= 11 is 0. The van der Waals surface area contributed by atoms with Crippen molar-refractivity contribution in [1.82, 2.24) is 5.32 Å². The van der Waals surface area contributed by atoms with Gasteiger partial charge in [0.2, 0.25) is 0 Å².